The Morgan fingerprint density at radius 3 is 2.11 bits per heavy atom. The van der Waals surface area contributed by atoms with Crippen molar-refractivity contribution in [3.05, 3.63) is 0 Å². The highest BCUT2D eigenvalue weighted by Gasteiger charge is 2.45. The third kappa shape index (κ3) is 3.23. The Labute approximate surface area is 110 Å². The summed E-state index contributed by atoms with van der Waals surface area (Å²) in [6, 6.07) is 0.517. The van der Waals surface area contributed by atoms with Gasteiger partial charge in [0, 0.05) is 25.4 Å². The zero-order chi connectivity index (χ0) is 13.1. The molecule has 0 bridgehead atoms. The van der Waals surface area contributed by atoms with Crippen molar-refractivity contribution in [2.75, 3.05) is 19.8 Å². The van der Waals surface area contributed by atoms with Crippen molar-refractivity contribution in [1.82, 2.24) is 5.32 Å². The molecule has 1 saturated carbocycles. The monoisotopic (exact) mass is 257 g/mol. The topological polar surface area (TPSA) is 50.7 Å². The van der Waals surface area contributed by atoms with E-state index < -0.39 is 5.60 Å². The SMILES string of the molecule is CCC(CC)NCC1(O)CCC2(CC1)OCCO2. The molecular weight excluding hydrogens is 230 g/mol. The number of ether oxygens (including phenoxy) is 2. The van der Waals surface area contributed by atoms with E-state index in [4.69, 9.17) is 9.47 Å². The molecule has 0 unspecified atom stereocenters. The molecule has 2 rings (SSSR count). The lowest BCUT2D eigenvalue weighted by molar-refractivity contribution is -0.201. The van der Waals surface area contributed by atoms with E-state index in [0.717, 1.165) is 38.5 Å². The van der Waals surface area contributed by atoms with Gasteiger partial charge in [-0.2, -0.15) is 0 Å². The quantitative estimate of drug-likeness (QED) is 0.788. The van der Waals surface area contributed by atoms with Crippen LogP contribution >= 0.6 is 0 Å². The van der Waals surface area contributed by atoms with Gasteiger partial charge in [0.1, 0.15) is 0 Å². The lowest BCUT2D eigenvalue weighted by Crippen LogP contribution is -2.50. The minimum Gasteiger partial charge on any atom is -0.389 e. The summed E-state index contributed by atoms with van der Waals surface area (Å²) in [4.78, 5) is 0. The van der Waals surface area contributed by atoms with E-state index in [2.05, 4.69) is 19.2 Å². The van der Waals surface area contributed by atoms with Crippen LogP contribution in [0.1, 0.15) is 52.4 Å². The number of hydrogen-bond donors (Lipinski definition) is 2. The highest BCUT2D eigenvalue weighted by molar-refractivity contribution is 4.93. The number of hydrogen-bond acceptors (Lipinski definition) is 4. The number of rotatable bonds is 5. The van der Waals surface area contributed by atoms with Crippen molar-refractivity contribution in [1.29, 1.82) is 0 Å². The molecule has 2 aliphatic rings. The van der Waals surface area contributed by atoms with Crippen LogP contribution in [0.2, 0.25) is 0 Å². The molecule has 0 radical (unpaired) electrons. The van der Waals surface area contributed by atoms with Crippen molar-refractivity contribution in [3.63, 3.8) is 0 Å². The first-order valence-electron chi connectivity index (χ1n) is 7.35. The molecule has 0 amide bonds. The largest absolute Gasteiger partial charge is 0.389 e. The Morgan fingerprint density at radius 1 is 1.06 bits per heavy atom. The lowest BCUT2D eigenvalue weighted by Gasteiger charge is -2.41. The van der Waals surface area contributed by atoms with Crippen LogP contribution in [0.4, 0.5) is 0 Å². The van der Waals surface area contributed by atoms with Gasteiger partial charge in [0.25, 0.3) is 0 Å². The maximum atomic E-state index is 10.6. The Hall–Kier alpha value is -0.160. The number of aliphatic hydroxyl groups is 1. The molecule has 2 fully saturated rings. The first-order valence-corrected chi connectivity index (χ1v) is 7.35. The summed E-state index contributed by atoms with van der Waals surface area (Å²) in [7, 11) is 0. The Morgan fingerprint density at radius 2 is 1.61 bits per heavy atom. The van der Waals surface area contributed by atoms with Crippen LogP contribution in [0.25, 0.3) is 0 Å². The van der Waals surface area contributed by atoms with E-state index in [1.165, 1.54) is 0 Å². The third-order valence-electron chi connectivity index (χ3n) is 4.46. The van der Waals surface area contributed by atoms with Crippen LogP contribution < -0.4 is 5.32 Å². The van der Waals surface area contributed by atoms with E-state index >= 15 is 0 Å². The van der Waals surface area contributed by atoms with Gasteiger partial charge in [0.15, 0.2) is 5.79 Å². The maximum absolute atomic E-state index is 10.6. The fraction of sp³-hybridized carbons (Fsp3) is 1.00. The van der Waals surface area contributed by atoms with Crippen LogP contribution in [0.3, 0.4) is 0 Å². The van der Waals surface area contributed by atoms with Gasteiger partial charge in [-0.25, -0.2) is 0 Å². The fourth-order valence-corrected chi connectivity index (χ4v) is 2.97. The zero-order valence-corrected chi connectivity index (χ0v) is 11.7. The van der Waals surface area contributed by atoms with Crippen LogP contribution in [-0.2, 0) is 9.47 Å². The Kier molecular flexibility index (Phi) is 4.64. The second-order valence-electron chi connectivity index (χ2n) is 5.73. The maximum Gasteiger partial charge on any atom is 0.168 e. The van der Waals surface area contributed by atoms with Crippen molar-refractivity contribution < 1.29 is 14.6 Å². The predicted octanol–water partition coefficient (Wildman–Crippen LogP) is 1.81. The molecule has 106 valence electrons. The highest BCUT2D eigenvalue weighted by Crippen LogP contribution is 2.39. The van der Waals surface area contributed by atoms with Crippen molar-refractivity contribution in [2.24, 2.45) is 0 Å². The fourth-order valence-electron chi connectivity index (χ4n) is 2.97. The van der Waals surface area contributed by atoms with Crippen molar-refractivity contribution in [2.45, 2.75) is 69.8 Å². The molecule has 1 aliphatic heterocycles. The zero-order valence-electron chi connectivity index (χ0n) is 11.7. The second kappa shape index (κ2) is 5.87. The first-order chi connectivity index (χ1) is 8.61. The molecule has 4 heteroatoms. The molecule has 18 heavy (non-hydrogen) atoms. The van der Waals surface area contributed by atoms with Crippen LogP contribution in [0, 0.1) is 0 Å². The van der Waals surface area contributed by atoms with Crippen molar-refractivity contribution >= 4 is 0 Å². The first kappa shape index (κ1) is 14.3. The summed E-state index contributed by atoms with van der Waals surface area (Å²) in [5, 5.41) is 14.1. The molecule has 4 nitrogen and oxygen atoms in total. The van der Waals surface area contributed by atoms with Crippen molar-refractivity contribution in [3.8, 4) is 0 Å². The molecule has 0 atom stereocenters. The van der Waals surface area contributed by atoms with E-state index in [1.807, 2.05) is 0 Å². The van der Waals surface area contributed by atoms with Crippen LogP contribution in [0.5, 0.6) is 0 Å². The van der Waals surface area contributed by atoms with Crippen LogP contribution in [0.15, 0.2) is 0 Å². The van der Waals surface area contributed by atoms with E-state index in [9.17, 15) is 5.11 Å². The van der Waals surface area contributed by atoms with Gasteiger partial charge in [0.05, 0.1) is 18.8 Å². The molecule has 0 aromatic rings. The van der Waals surface area contributed by atoms with Gasteiger partial charge in [-0.05, 0) is 25.7 Å². The summed E-state index contributed by atoms with van der Waals surface area (Å²) in [5.74, 6) is -0.374. The molecule has 1 saturated heterocycles. The predicted molar refractivity (Wildman–Crippen MR) is 70.4 cm³/mol. The average Bonchev–Trinajstić information content (AvgIpc) is 2.84. The van der Waals surface area contributed by atoms with Gasteiger partial charge in [-0.3, -0.25) is 0 Å². The smallest absolute Gasteiger partial charge is 0.168 e. The molecule has 2 N–H and O–H groups in total. The summed E-state index contributed by atoms with van der Waals surface area (Å²) >= 11 is 0. The summed E-state index contributed by atoms with van der Waals surface area (Å²) in [6.07, 6.45) is 5.38. The Balaban J connectivity index is 1.79. The molecule has 0 aromatic carbocycles. The van der Waals surface area contributed by atoms with E-state index in [0.29, 0.717) is 25.8 Å². The van der Waals surface area contributed by atoms with E-state index in [-0.39, 0.29) is 5.79 Å². The lowest BCUT2D eigenvalue weighted by atomic mass is 9.81. The molecular formula is C14H27NO3. The minimum atomic E-state index is -0.580. The highest BCUT2D eigenvalue weighted by atomic mass is 16.7. The van der Waals surface area contributed by atoms with Crippen LogP contribution in [-0.4, -0.2) is 42.3 Å². The van der Waals surface area contributed by atoms with Gasteiger partial charge >= 0.3 is 0 Å². The van der Waals surface area contributed by atoms with Gasteiger partial charge in [-0.15, -0.1) is 0 Å². The minimum absolute atomic E-state index is 0.374. The van der Waals surface area contributed by atoms with Gasteiger partial charge < -0.3 is 19.9 Å². The summed E-state index contributed by atoms with van der Waals surface area (Å²) in [5.41, 5.74) is -0.580. The average molecular weight is 257 g/mol. The molecule has 0 aromatic heterocycles. The number of nitrogens with one attached hydrogen (secondary N) is 1. The van der Waals surface area contributed by atoms with Gasteiger partial charge in [0.2, 0.25) is 0 Å². The van der Waals surface area contributed by atoms with E-state index in [1.54, 1.807) is 0 Å². The summed E-state index contributed by atoms with van der Waals surface area (Å²) < 4.78 is 11.4. The third-order valence-corrected chi connectivity index (χ3v) is 4.46. The van der Waals surface area contributed by atoms with Gasteiger partial charge in [-0.1, -0.05) is 13.8 Å². The normalized spacial score (nSPS) is 26.0. The standard InChI is InChI=1S/C14H27NO3/c1-3-12(4-2)15-11-13(16)5-7-14(8-6-13)17-9-10-18-14/h12,15-16H,3-11H2,1-2H3. The molecule has 1 heterocycles. The second-order valence-corrected chi connectivity index (χ2v) is 5.73. The molecule has 1 spiro atoms. The molecule has 1 aliphatic carbocycles. The summed E-state index contributed by atoms with van der Waals surface area (Å²) in [6.45, 7) is 6.45. The Bertz CT molecular complexity index is 244.